The second-order valence-electron chi connectivity index (χ2n) is 22.0. The number of ether oxygens (including phenoxy) is 7. The lowest BCUT2D eigenvalue weighted by molar-refractivity contribution is -0.156. The minimum atomic E-state index is -2.61. The Morgan fingerprint density at radius 2 is 1.53 bits per heavy atom. The highest BCUT2D eigenvalue weighted by Gasteiger charge is 2.45. The Morgan fingerprint density at radius 1 is 0.894 bits per heavy atom. The predicted molar refractivity (Wildman–Crippen MR) is 261 cm³/mol. The number of hydrogen-bond donors (Lipinski definition) is 0. The first-order valence-electron chi connectivity index (χ1n) is 23.6. The summed E-state index contributed by atoms with van der Waals surface area (Å²) in [7, 11) is -0.975. The van der Waals surface area contributed by atoms with Gasteiger partial charge >= 0.3 is 18.2 Å². The molecule has 0 spiro atoms. The smallest absolute Gasteiger partial charge is 0.414 e. The zero-order valence-electron chi connectivity index (χ0n) is 42.6. The van der Waals surface area contributed by atoms with E-state index in [1.165, 1.54) is 0 Å². The van der Waals surface area contributed by atoms with Crippen LogP contribution in [0.25, 0.3) is 6.08 Å². The third-order valence-corrected chi connectivity index (χ3v) is 16.9. The molecular formula is C52H78N2O11Si. The van der Waals surface area contributed by atoms with Gasteiger partial charge in [0.05, 0.1) is 25.5 Å². The number of esters is 1. The second kappa shape index (κ2) is 20.9. The lowest BCUT2D eigenvalue weighted by Crippen LogP contribution is -2.46. The number of rotatable bonds is 9. The van der Waals surface area contributed by atoms with Crippen molar-refractivity contribution < 1.29 is 52.0 Å². The minimum absolute atomic E-state index is 0.0326. The van der Waals surface area contributed by atoms with E-state index in [1.54, 1.807) is 23.0 Å². The summed E-state index contributed by atoms with van der Waals surface area (Å²) in [6.45, 7) is 31.1. The summed E-state index contributed by atoms with van der Waals surface area (Å²) in [5.74, 6) is -0.514. The second-order valence-corrected chi connectivity index (χ2v) is 26.8. The molecule has 0 aliphatic carbocycles. The summed E-state index contributed by atoms with van der Waals surface area (Å²) >= 11 is 0. The first-order chi connectivity index (χ1) is 30.5. The molecule has 2 aromatic carbocycles. The van der Waals surface area contributed by atoms with Crippen LogP contribution in [0.1, 0.15) is 131 Å². The van der Waals surface area contributed by atoms with E-state index in [4.69, 9.17) is 37.6 Å². The topological polar surface area (TPSA) is 132 Å². The first-order valence-corrected chi connectivity index (χ1v) is 26.5. The van der Waals surface area contributed by atoms with Gasteiger partial charge in [-0.25, -0.2) is 14.4 Å². The average molecular weight is 935 g/mol. The fourth-order valence-electron chi connectivity index (χ4n) is 7.72. The van der Waals surface area contributed by atoms with Crippen LogP contribution in [0.2, 0.25) is 18.1 Å². The van der Waals surface area contributed by atoms with Crippen molar-refractivity contribution in [2.75, 3.05) is 31.6 Å². The van der Waals surface area contributed by atoms with Crippen LogP contribution in [0.4, 0.5) is 15.3 Å². The summed E-state index contributed by atoms with van der Waals surface area (Å²) in [4.78, 5) is 45.5. The van der Waals surface area contributed by atoms with E-state index in [2.05, 4.69) is 33.9 Å². The fraction of sp³-hybridized carbons (Fsp3) is 0.635. The van der Waals surface area contributed by atoms with Gasteiger partial charge in [0.15, 0.2) is 5.79 Å². The molecular weight excluding hydrogens is 857 g/mol. The van der Waals surface area contributed by atoms with E-state index in [-0.39, 0.29) is 28.5 Å². The third-order valence-electron chi connectivity index (χ3n) is 12.6. The number of likely N-dealkylation sites (tertiary alicyclic amines) is 1. The van der Waals surface area contributed by atoms with Crippen LogP contribution in [0, 0.1) is 11.8 Å². The maximum atomic E-state index is 14.7. The van der Waals surface area contributed by atoms with Gasteiger partial charge in [-0.3, -0.25) is 4.90 Å². The summed E-state index contributed by atoms with van der Waals surface area (Å²) in [5.41, 5.74) is 0.886. The van der Waals surface area contributed by atoms with Gasteiger partial charge in [0, 0.05) is 31.6 Å². The number of benzene rings is 2. The van der Waals surface area contributed by atoms with Crippen LogP contribution in [0.15, 0.2) is 54.6 Å². The molecule has 2 fully saturated rings. The molecule has 3 aliphatic rings. The lowest BCUT2D eigenvalue weighted by Gasteiger charge is -2.38. The van der Waals surface area contributed by atoms with E-state index in [9.17, 15) is 14.4 Å². The van der Waals surface area contributed by atoms with Crippen molar-refractivity contribution in [1.29, 1.82) is 0 Å². The molecule has 1 unspecified atom stereocenters. The molecule has 0 N–H and O–H groups in total. The number of carbonyl (C=O) groups is 3. The molecule has 0 bridgehead atoms. The van der Waals surface area contributed by atoms with E-state index < -0.39 is 61.8 Å². The average Bonchev–Trinajstić information content (AvgIpc) is 3.51. The zero-order chi connectivity index (χ0) is 49.0. The van der Waals surface area contributed by atoms with Gasteiger partial charge in [-0.05, 0) is 135 Å². The van der Waals surface area contributed by atoms with Crippen molar-refractivity contribution in [3.05, 3.63) is 71.3 Å². The first kappa shape index (κ1) is 52.6. The standard InChI is InChI=1S/C52H78N2O11Si/c1-34-20-25-41(59-33-37-21-23-40(58-14)24-22-37)45-42(61-52(12,13)62-45)19-17-18-38-30-39(31-43(44(38)46(55)60-35(34)2)65-66(15,16)51(9,10)11)54(48(57)64-50(6,7)8)32-36-26-28-53(29-27-36)47(56)63-49(3,4)5/h17-18,20-25,30-31,34-36,41-42,45H,19,26-29,32-33H2,1-16H3/b18-17+,25-20-/t34-,35+,41?,42+,45-/m1/s1. The number of cyclic esters (lactones) is 1. The number of hydrogen-bond acceptors (Lipinski definition) is 11. The van der Waals surface area contributed by atoms with Gasteiger partial charge in [-0.1, -0.05) is 64.1 Å². The normalized spacial score (nSPS) is 24.2. The summed E-state index contributed by atoms with van der Waals surface area (Å²) in [5, 5.41) is -0.232. The fourth-order valence-corrected chi connectivity index (χ4v) is 8.74. The highest BCUT2D eigenvalue weighted by molar-refractivity contribution is 6.74. The summed E-state index contributed by atoms with van der Waals surface area (Å²) < 4.78 is 50.3. The maximum Gasteiger partial charge on any atom is 0.414 e. The van der Waals surface area contributed by atoms with Gasteiger partial charge in [-0.2, -0.15) is 0 Å². The van der Waals surface area contributed by atoms with Crippen LogP contribution in [-0.2, 0) is 35.0 Å². The highest BCUT2D eigenvalue weighted by Crippen LogP contribution is 2.42. The van der Waals surface area contributed by atoms with Crippen molar-refractivity contribution in [2.24, 2.45) is 11.8 Å². The summed E-state index contributed by atoms with van der Waals surface area (Å²) in [6.07, 6.45) is 6.79. The SMILES string of the molecule is COc1ccc(COC2/C=C\[C@@H](C)[C@H](C)OC(=O)c3c(cc(N(CC4CCN(C(=O)OC(C)(C)C)CC4)C(=O)OC(C)(C)C)cc3O[Si](C)(C)C(C)(C)C)/C=C/C[C@@H]3OC(C)(C)O[C@H]23)cc1. The zero-order valence-corrected chi connectivity index (χ0v) is 43.6. The van der Waals surface area contributed by atoms with Gasteiger partial charge in [0.25, 0.3) is 8.32 Å². The Kier molecular flexibility index (Phi) is 16.6. The molecule has 0 aromatic heterocycles. The molecule has 2 amide bonds. The van der Waals surface area contributed by atoms with E-state index in [1.807, 2.05) is 124 Å². The van der Waals surface area contributed by atoms with Gasteiger partial charge in [0.1, 0.15) is 46.6 Å². The van der Waals surface area contributed by atoms with Crippen LogP contribution in [-0.4, -0.2) is 99.5 Å². The van der Waals surface area contributed by atoms with E-state index >= 15 is 0 Å². The van der Waals surface area contributed by atoms with Crippen LogP contribution < -0.4 is 14.1 Å². The Labute approximate surface area is 395 Å². The Balaban J connectivity index is 1.59. The molecule has 5 atom stereocenters. The molecule has 3 heterocycles. The Hall–Kier alpha value is -4.37. The van der Waals surface area contributed by atoms with Crippen molar-refractivity contribution in [2.45, 2.75) is 175 Å². The molecule has 366 valence electrons. The number of fused-ring (bicyclic) bond motifs is 2. The van der Waals surface area contributed by atoms with Crippen molar-refractivity contribution in [3.8, 4) is 11.5 Å². The maximum absolute atomic E-state index is 14.7. The number of anilines is 1. The molecule has 66 heavy (non-hydrogen) atoms. The number of piperidine rings is 1. The van der Waals surface area contributed by atoms with E-state index in [0.29, 0.717) is 62.5 Å². The summed E-state index contributed by atoms with van der Waals surface area (Å²) in [6, 6.07) is 11.4. The Morgan fingerprint density at radius 3 is 2.12 bits per heavy atom. The van der Waals surface area contributed by atoms with E-state index in [0.717, 1.165) is 11.3 Å². The van der Waals surface area contributed by atoms with Gasteiger partial charge in [0.2, 0.25) is 0 Å². The monoisotopic (exact) mass is 935 g/mol. The molecule has 3 aliphatic heterocycles. The quantitative estimate of drug-likeness (QED) is 0.103. The predicted octanol–water partition coefficient (Wildman–Crippen LogP) is 11.7. The third kappa shape index (κ3) is 14.3. The van der Waals surface area contributed by atoms with Crippen LogP contribution >= 0.6 is 0 Å². The van der Waals surface area contributed by atoms with Gasteiger partial charge in [-0.15, -0.1) is 0 Å². The molecule has 0 radical (unpaired) electrons. The number of nitrogens with zero attached hydrogens (tertiary/aromatic N) is 2. The number of methoxy groups -OCH3 is 1. The highest BCUT2D eigenvalue weighted by atomic mass is 28.4. The molecule has 14 heteroatoms. The molecule has 5 rings (SSSR count). The number of carbonyl (C=O) groups excluding carboxylic acids is 3. The largest absolute Gasteiger partial charge is 0.543 e. The lowest BCUT2D eigenvalue weighted by atomic mass is 9.95. The molecule has 13 nitrogen and oxygen atoms in total. The van der Waals surface area contributed by atoms with Gasteiger partial charge < -0.3 is 42.5 Å². The Bertz CT molecular complexity index is 2050. The minimum Gasteiger partial charge on any atom is -0.543 e. The van der Waals surface area contributed by atoms with Crippen molar-refractivity contribution in [3.63, 3.8) is 0 Å². The van der Waals surface area contributed by atoms with Crippen LogP contribution in [0.3, 0.4) is 0 Å². The molecule has 2 aromatic rings. The molecule has 2 saturated heterocycles. The van der Waals surface area contributed by atoms with Crippen molar-refractivity contribution >= 4 is 38.2 Å². The van der Waals surface area contributed by atoms with Crippen molar-refractivity contribution in [1.82, 2.24) is 4.90 Å². The van der Waals surface area contributed by atoms with Crippen LogP contribution in [0.5, 0.6) is 11.5 Å². The number of amides is 2. The molecule has 0 saturated carbocycles.